The summed E-state index contributed by atoms with van der Waals surface area (Å²) in [5, 5.41) is 15.5. The van der Waals surface area contributed by atoms with Gasteiger partial charge in [-0.1, -0.05) is 20.3 Å². The maximum atomic E-state index is 11.2. The second-order valence-electron chi connectivity index (χ2n) is 4.81. The number of rotatable bonds is 9. The summed E-state index contributed by atoms with van der Waals surface area (Å²) in [6.07, 6.45) is 3.95. The number of aryl methyl sites for hydroxylation is 2. The van der Waals surface area contributed by atoms with Crippen LogP contribution in [-0.4, -0.2) is 20.6 Å². The van der Waals surface area contributed by atoms with Gasteiger partial charge in [0.25, 0.3) is 0 Å². The van der Waals surface area contributed by atoms with E-state index in [0.717, 1.165) is 19.3 Å². The van der Waals surface area contributed by atoms with E-state index in [2.05, 4.69) is 10.5 Å². The summed E-state index contributed by atoms with van der Waals surface area (Å²) in [6.45, 7) is 4.39. The van der Waals surface area contributed by atoms with Gasteiger partial charge in [-0.15, -0.1) is 0 Å². The molecule has 0 unspecified atom stereocenters. The molecular formula is C13H23N5O3. The van der Waals surface area contributed by atoms with E-state index in [1.54, 1.807) is 4.68 Å². The van der Waals surface area contributed by atoms with E-state index in [4.69, 9.17) is 5.84 Å². The first-order valence-electron chi connectivity index (χ1n) is 7.27. The Morgan fingerprint density at radius 1 is 1.33 bits per heavy atom. The zero-order valence-corrected chi connectivity index (χ0v) is 12.6. The Morgan fingerprint density at radius 3 is 2.57 bits per heavy atom. The minimum absolute atomic E-state index is 0.155. The first-order valence-corrected chi connectivity index (χ1v) is 7.27. The van der Waals surface area contributed by atoms with Crippen LogP contribution in [0, 0.1) is 10.1 Å². The quantitative estimate of drug-likeness (QED) is 0.235. The van der Waals surface area contributed by atoms with Gasteiger partial charge in [0.1, 0.15) is 11.4 Å². The Kier molecular flexibility index (Phi) is 6.80. The smallest absolute Gasteiger partial charge is 0.294 e. The van der Waals surface area contributed by atoms with Crippen molar-refractivity contribution < 1.29 is 9.72 Å². The number of hydrazine groups is 1. The van der Waals surface area contributed by atoms with Crippen molar-refractivity contribution in [2.24, 2.45) is 5.84 Å². The second-order valence-corrected chi connectivity index (χ2v) is 4.81. The van der Waals surface area contributed by atoms with E-state index in [-0.39, 0.29) is 16.5 Å². The van der Waals surface area contributed by atoms with Crippen LogP contribution >= 0.6 is 0 Å². The Hall–Kier alpha value is -1.96. The summed E-state index contributed by atoms with van der Waals surface area (Å²) in [5.74, 6) is 4.83. The first-order chi connectivity index (χ1) is 10.0. The summed E-state index contributed by atoms with van der Waals surface area (Å²) in [6, 6.07) is 0. The highest BCUT2D eigenvalue weighted by Crippen LogP contribution is 2.25. The van der Waals surface area contributed by atoms with Crippen LogP contribution in [0.25, 0.3) is 0 Å². The molecule has 0 radical (unpaired) electrons. The molecule has 8 nitrogen and oxygen atoms in total. The highest BCUT2D eigenvalue weighted by Gasteiger charge is 2.24. The normalized spacial score (nSPS) is 10.6. The molecule has 1 heterocycles. The van der Waals surface area contributed by atoms with Crippen molar-refractivity contribution in [3.8, 4) is 0 Å². The van der Waals surface area contributed by atoms with Crippen molar-refractivity contribution in [2.45, 2.75) is 58.9 Å². The van der Waals surface area contributed by atoms with Crippen molar-refractivity contribution in [3.05, 3.63) is 21.5 Å². The molecule has 0 fully saturated rings. The Balaban J connectivity index is 2.63. The highest BCUT2D eigenvalue weighted by atomic mass is 16.6. The van der Waals surface area contributed by atoms with Gasteiger partial charge in [0.05, 0.1) is 4.92 Å². The lowest BCUT2D eigenvalue weighted by Crippen LogP contribution is -2.29. The van der Waals surface area contributed by atoms with E-state index in [1.165, 1.54) is 0 Å². The number of carbonyl (C=O) groups excluding carboxylic acids is 1. The molecule has 1 rings (SSSR count). The molecular weight excluding hydrogens is 274 g/mol. The molecule has 1 amide bonds. The van der Waals surface area contributed by atoms with E-state index >= 15 is 0 Å². The van der Waals surface area contributed by atoms with Crippen molar-refractivity contribution in [3.63, 3.8) is 0 Å². The summed E-state index contributed by atoms with van der Waals surface area (Å²) in [5.41, 5.74) is 3.46. The van der Waals surface area contributed by atoms with Gasteiger partial charge in [-0.25, -0.2) is 5.84 Å². The van der Waals surface area contributed by atoms with Crippen molar-refractivity contribution in [1.29, 1.82) is 0 Å². The van der Waals surface area contributed by atoms with E-state index < -0.39 is 0 Å². The molecule has 8 heteroatoms. The van der Waals surface area contributed by atoms with Crippen LogP contribution in [0.15, 0.2) is 0 Å². The SMILES string of the molecule is CCc1nn(CCCCCC(=O)NN)c(CC)c1[N+](=O)[O-]. The Bertz CT molecular complexity index is 498. The number of nitrogens with two attached hydrogens (primary N) is 1. The largest absolute Gasteiger partial charge is 0.313 e. The highest BCUT2D eigenvalue weighted by molar-refractivity contribution is 5.75. The lowest BCUT2D eigenvalue weighted by atomic mass is 10.2. The summed E-state index contributed by atoms with van der Waals surface area (Å²) < 4.78 is 1.74. The topological polar surface area (TPSA) is 116 Å². The third-order valence-corrected chi connectivity index (χ3v) is 3.39. The summed E-state index contributed by atoms with van der Waals surface area (Å²) in [7, 11) is 0. The van der Waals surface area contributed by atoms with Crippen LogP contribution in [0.4, 0.5) is 5.69 Å². The van der Waals surface area contributed by atoms with Gasteiger partial charge in [-0.05, 0) is 25.7 Å². The molecule has 0 aliphatic carbocycles. The molecule has 0 saturated carbocycles. The third-order valence-electron chi connectivity index (χ3n) is 3.39. The van der Waals surface area contributed by atoms with Gasteiger partial charge < -0.3 is 0 Å². The van der Waals surface area contributed by atoms with Crippen LogP contribution in [0.2, 0.25) is 0 Å². The standard InChI is InChI=1S/C13H23N5O3/c1-3-10-13(18(20)21)11(4-2)17(16-10)9-7-5-6-8-12(19)15-14/h3-9,14H2,1-2H3,(H,15,19). The van der Waals surface area contributed by atoms with Crippen molar-refractivity contribution in [1.82, 2.24) is 15.2 Å². The number of hydrogen-bond acceptors (Lipinski definition) is 5. The fourth-order valence-corrected chi connectivity index (χ4v) is 2.32. The molecule has 118 valence electrons. The number of nitro groups is 1. The molecule has 0 spiro atoms. The molecule has 1 aromatic heterocycles. The number of nitrogens with one attached hydrogen (secondary N) is 1. The van der Waals surface area contributed by atoms with Gasteiger partial charge in [-0.3, -0.25) is 25.0 Å². The number of hydrogen-bond donors (Lipinski definition) is 2. The maximum absolute atomic E-state index is 11.2. The monoisotopic (exact) mass is 297 g/mol. The van der Waals surface area contributed by atoms with Gasteiger partial charge in [0.2, 0.25) is 5.91 Å². The zero-order chi connectivity index (χ0) is 15.8. The van der Waals surface area contributed by atoms with Gasteiger partial charge in [-0.2, -0.15) is 5.10 Å². The number of unbranched alkanes of at least 4 members (excludes halogenated alkanes) is 2. The molecule has 1 aromatic rings. The summed E-state index contributed by atoms with van der Waals surface area (Å²) in [4.78, 5) is 21.8. The fraction of sp³-hybridized carbons (Fsp3) is 0.692. The van der Waals surface area contributed by atoms with E-state index in [1.807, 2.05) is 13.8 Å². The molecule has 0 aliphatic rings. The van der Waals surface area contributed by atoms with Crippen LogP contribution < -0.4 is 11.3 Å². The van der Waals surface area contributed by atoms with Crippen LogP contribution in [0.5, 0.6) is 0 Å². The minimum Gasteiger partial charge on any atom is -0.294 e. The van der Waals surface area contributed by atoms with Crippen LogP contribution in [0.3, 0.4) is 0 Å². The molecule has 0 aliphatic heterocycles. The number of carbonyl (C=O) groups is 1. The number of amides is 1. The average Bonchev–Trinajstić information content (AvgIpc) is 2.84. The molecule has 0 saturated heterocycles. The lowest BCUT2D eigenvalue weighted by molar-refractivity contribution is -0.386. The minimum atomic E-state index is -0.341. The second kappa shape index (κ2) is 8.35. The fourth-order valence-electron chi connectivity index (χ4n) is 2.32. The Labute approximate surface area is 123 Å². The first kappa shape index (κ1) is 17.1. The maximum Gasteiger partial charge on any atom is 0.313 e. The molecule has 21 heavy (non-hydrogen) atoms. The Morgan fingerprint density at radius 2 is 2.05 bits per heavy atom. The van der Waals surface area contributed by atoms with E-state index in [0.29, 0.717) is 37.2 Å². The zero-order valence-electron chi connectivity index (χ0n) is 12.6. The van der Waals surface area contributed by atoms with Gasteiger partial charge in [0.15, 0.2) is 0 Å². The molecule has 3 N–H and O–H groups in total. The predicted octanol–water partition coefficient (Wildman–Crippen LogP) is 1.47. The number of aromatic nitrogens is 2. The van der Waals surface area contributed by atoms with Crippen LogP contribution in [0.1, 0.15) is 50.9 Å². The third kappa shape index (κ3) is 4.52. The molecule has 0 bridgehead atoms. The molecule has 0 aromatic carbocycles. The van der Waals surface area contributed by atoms with Gasteiger partial charge >= 0.3 is 5.69 Å². The van der Waals surface area contributed by atoms with Crippen LogP contribution in [-0.2, 0) is 24.2 Å². The van der Waals surface area contributed by atoms with Crippen molar-refractivity contribution in [2.75, 3.05) is 0 Å². The molecule has 0 atom stereocenters. The van der Waals surface area contributed by atoms with E-state index in [9.17, 15) is 14.9 Å². The predicted molar refractivity (Wildman–Crippen MR) is 78.4 cm³/mol. The number of nitrogens with zero attached hydrogens (tertiary/aromatic N) is 3. The lowest BCUT2D eigenvalue weighted by Gasteiger charge is -2.05. The summed E-state index contributed by atoms with van der Waals surface area (Å²) >= 11 is 0. The average molecular weight is 297 g/mol. The van der Waals surface area contributed by atoms with Crippen molar-refractivity contribution >= 4 is 11.6 Å². The van der Waals surface area contributed by atoms with Gasteiger partial charge in [0, 0.05) is 13.0 Å².